The van der Waals surface area contributed by atoms with Gasteiger partial charge in [0, 0.05) is 13.1 Å². The van der Waals surface area contributed by atoms with Crippen LogP contribution in [-0.4, -0.2) is 29.1 Å². The molecule has 11 heteroatoms. The van der Waals surface area contributed by atoms with Crippen molar-refractivity contribution >= 4 is 6.03 Å². The number of hydrogen-bond acceptors (Lipinski definition) is 3. The van der Waals surface area contributed by atoms with Crippen molar-refractivity contribution in [2.75, 3.05) is 13.1 Å². The van der Waals surface area contributed by atoms with Crippen molar-refractivity contribution in [3.05, 3.63) is 70.8 Å². The number of aliphatic hydroxyl groups is 1. The smallest absolute Gasteiger partial charge is 0.380 e. The van der Waals surface area contributed by atoms with Crippen LogP contribution in [0.15, 0.2) is 48.5 Å². The number of benzene rings is 2. The monoisotopic (exact) mass is 461 g/mol. The number of amides is 2. The summed E-state index contributed by atoms with van der Waals surface area (Å²) in [7, 11) is 0. The van der Waals surface area contributed by atoms with Gasteiger partial charge in [-0.25, -0.2) is 10.6 Å². The number of rotatable bonds is 3. The van der Waals surface area contributed by atoms with E-state index in [-0.39, 0.29) is 37.1 Å². The van der Waals surface area contributed by atoms with Crippen LogP contribution in [0, 0.1) is 5.92 Å². The lowest BCUT2D eigenvalue weighted by Gasteiger charge is -2.42. The van der Waals surface area contributed by atoms with Crippen LogP contribution in [0.4, 0.5) is 31.1 Å². The van der Waals surface area contributed by atoms with Crippen LogP contribution in [0.25, 0.3) is 0 Å². The average molecular weight is 461 g/mol. The van der Waals surface area contributed by atoms with Gasteiger partial charge in [-0.1, -0.05) is 24.3 Å². The Kier molecular flexibility index (Phi) is 6.43. The van der Waals surface area contributed by atoms with Crippen molar-refractivity contribution in [3.8, 4) is 0 Å². The molecule has 1 fully saturated rings. The Morgan fingerprint density at radius 2 is 1.16 bits per heavy atom. The van der Waals surface area contributed by atoms with Crippen LogP contribution in [0.3, 0.4) is 0 Å². The number of likely N-dealkylation sites (tertiary alicyclic amines) is 1. The molecule has 0 aromatic heterocycles. The molecular weight excluding hydrogens is 440 g/mol. The maximum Gasteiger partial charge on any atom is 0.416 e. The van der Waals surface area contributed by atoms with Crippen molar-refractivity contribution in [2.24, 2.45) is 11.8 Å². The van der Waals surface area contributed by atoms with Gasteiger partial charge in [-0.05, 0) is 54.2 Å². The lowest BCUT2D eigenvalue weighted by atomic mass is 9.72. The molecule has 0 atom stereocenters. The Labute approximate surface area is 179 Å². The van der Waals surface area contributed by atoms with Crippen molar-refractivity contribution in [1.82, 2.24) is 10.3 Å². The van der Waals surface area contributed by atoms with Crippen LogP contribution in [-0.2, 0) is 18.0 Å². The Bertz CT molecular complexity index is 876. The number of nitrogens with two attached hydrogens (primary N) is 1. The topological polar surface area (TPSA) is 78.6 Å². The molecule has 0 radical (unpaired) electrons. The first-order valence-corrected chi connectivity index (χ1v) is 9.70. The molecule has 1 saturated heterocycles. The number of hydrogen-bond donors (Lipinski definition) is 3. The first kappa shape index (κ1) is 23.9. The number of piperidine rings is 1. The third kappa shape index (κ3) is 4.68. The summed E-state index contributed by atoms with van der Waals surface area (Å²) >= 11 is 0. The van der Waals surface area contributed by atoms with E-state index in [0.29, 0.717) is 0 Å². The Hall–Kier alpha value is -2.79. The highest BCUT2D eigenvalue weighted by atomic mass is 19.4. The number of nitrogens with zero attached hydrogens (tertiary/aromatic N) is 1. The summed E-state index contributed by atoms with van der Waals surface area (Å²) in [5.41, 5.74) is -1.45. The van der Waals surface area contributed by atoms with Gasteiger partial charge < -0.3 is 10.0 Å². The van der Waals surface area contributed by atoms with Gasteiger partial charge in [0.2, 0.25) is 0 Å². The molecular formula is C21H21F6N3O2. The molecule has 1 aliphatic heterocycles. The summed E-state index contributed by atoms with van der Waals surface area (Å²) < 4.78 is 77.9. The van der Waals surface area contributed by atoms with Gasteiger partial charge >= 0.3 is 18.4 Å². The van der Waals surface area contributed by atoms with E-state index < -0.39 is 41.0 Å². The zero-order valence-corrected chi connectivity index (χ0v) is 16.7. The molecule has 32 heavy (non-hydrogen) atoms. The molecule has 0 saturated carbocycles. The summed E-state index contributed by atoms with van der Waals surface area (Å²) in [4.78, 5) is 13.2. The fraction of sp³-hybridized carbons (Fsp3) is 0.381. The number of alkyl halides is 6. The highest BCUT2D eigenvalue weighted by Gasteiger charge is 2.43. The van der Waals surface area contributed by atoms with Gasteiger partial charge in [-0.2, -0.15) is 26.3 Å². The molecule has 1 aliphatic rings. The van der Waals surface area contributed by atoms with Crippen molar-refractivity contribution in [3.63, 3.8) is 0 Å². The molecule has 2 amide bonds. The van der Waals surface area contributed by atoms with E-state index in [2.05, 4.69) is 0 Å². The number of nitrogens with one attached hydrogen (secondary N) is 1. The predicted molar refractivity (Wildman–Crippen MR) is 103 cm³/mol. The van der Waals surface area contributed by atoms with E-state index in [4.69, 9.17) is 5.84 Å². The predicted octanol–water partition coefficient (Wildman–Crippen LogP) is 4.26. The minimum atomic E-state index is -4.58. The molecule has 0 unspecified atom stereocenters. The lowest BCUT2D eigenvalue weighted by molar-refractivity contribution is -0.138. The van der Waals surface area contributed by atoms with E-state index in [0.717, 1.165) is 48.5 Å². The van der Waals surface area contributed by atoms with E-state index in [1.807, 2.05) is 5.43 Å². The van der Waals surface area contributed by atoms with E-state index >= 15 is 0 Å². The van der Waals surface area contributed by atoms with Gasteiger partial charge in [0.05, 0.1) is 11.1 Å². The minimum Gasteiger partial charge on any atom is -0.380 e. The van der Waals surface area contributed by atoms with Gasteiger partial charge in [0.1, 0.15) is 5.60 Å². The van der Waals surface area contributed by atoms with Crippen molar-refractivity contribution in [1.29, 1.82) is 0 Å². The number of carbonyl (C=O) groups is 1. The minimum absolute atomic E-state index is 0.118. The molecule has 174 valence electrons. The van der Waals surface area contributed by atoms with E-state index in [9.17, 15) is 36.2 Å². The number of halogens is 6. The molecule has 2 aromatic carbocycles. The maximum atomic E-state index is 13.0. The normalized spacial score (nSPS) is 16.2. The summed E-state index contributed by atoms with van der Waals surface area (Å²) in [6, 6.07) is 7.26. The largest absolute Gasteiger partial charge is 0.416 e. The molecule has 4 N–H and O–H groups in total. The molecule has 0 aliphatic carbocycles. The quantitative estimate of drug-likeness (QED) is 0.277. The van der Waals surface area contributed by atoms with Gasteiger partial charge in [-0.3, -0.25) is 5.43 Å². The van der Waals surface area contributed by atoms with Crippen molar-refractivity contribution in [2.45, 2.75) is 30.8 Å². The van der Waals surface area contributed by atoms with E-state index in [1.54, 1.807) is 0 Å². The standard InChI is InChI=1S/C21H21F6N3O2/c22-20(23,24)16-5-1-13(2-6-16)19(32,14-3-7-17(8-4-14)21(25,26)27)15-9-11-30(12-10-15)18(31)29-28/h1-8,15,32H,9-12,28H2,(H,29,31). The zero-order valence-electron chi connectivity index (χ0n) is 16.7. The van der Waals surface area contributed by atoms with Gasteiger partial charge in [0.15, 0.2) is 0 Å². The molecule has 3 rings (SSSR count). The fourth-order valence-electron chi connectivity index (χ4n) is 4.06. The van der Waals surface area contributed by atoms with Crippen LogP contribution in [0.5, 0.6) is 0 Å². The third-order valence-corrected chi connectivity index (χ3v) is 5.80. The molecule has 0 spiro atoms. The van der Waals surface area contributed by atoms with Crippen LogP contribution in [0.2, 0.25) is 0 Å². The highest BCUT2D eigenvalue weighted by molar-refractivity contribution is 5.73. The summed E-state index contributed by atoms with van der Waals surface area (Å²) in [6.45, 7) is 0.411. The second-order valence-electron chi connectivity index (χ2n) is 7.63. The second-order valence-corrected chi connectivity index (χ2v) is 7.63. The molecule has 5 nitrogen and oxygen atoms in total. The summed E-state index contributed by atoms with van der Waals surface area (Å²) in [5.74, 6) is 4.56. The Morgan fingerprint density at radius 3 is 1.47 bits per heavy atom. The fourth-order valence-corrected chi connectivity index (χ4v) is 4.06. The summed E-state index contributed by atoms with van der Waals surface area (Å²) in [5, 5.41) is 11.7. The zero-order chi connectivity index (χ0) is 23.7. The molecule has 2 aromatic rings. The van der Waals surface area contributed by atoms with Gasteiger partial charge in [-0.15, -0.1) is 0 Å². The Balaban J connectivity index is 2.00. The second kappa shape index (κ2) is 8.62. The number of carbonyl (C=O) groups excluding carboxylic acids is 1. The highest BCUT2D eigenvalue weighted by Crippen LogP contribution is 2.43. The van der Waals surface area contributed by atoms with E-state index in [1.165, 1.54) is 4.90 Å². The lowest BCUT2D eigenvalue weighted by Crippen LogP contribution is -2.50. The molecule has 0 bridgehead atoms. The third-order valence-electron chi connectivity index (χ3n) is 5.80. The summed E-state index contributed by atoms with van der Waals surface area (Å²) in [6.07, 6.45) is -8.64. The molecule has 1 heterocycles. The first-order chi connectivity index (χ1) is 14.9. The van der Waals surface area contributed by atoms with Gasteiger partial charge in [0.25, 0.3) is 0 Å². The van der Waals surface area contributed by atoms with Crippen LogP contribution in [0.1, 0.15) is 35.1 Å². The maximum absolute atomic E-state index is 13.0. The Morgan fingerprint density at radius 1 is 0.812 bits per heavy atom. The number of hydrazine groups is 1. The van der Waals surface area contributed by atoms with Crippen molar-refractivity contribution < 1.29 is 36.2 Å². The first-order valence-electron chi connectivity index (χ1n) is 9.70. The number of urea groups is 1. The SMILES string of the molecule is NNC(=O)N1CCC(C(O)(c2ccc(C(F)(F)F)cc2)c2ccc(C(F)(F)F)cc2)CC1. The van der Waals surface area contributed by atoms with Crippen LogP contribution < -0.4 is 11.3 Å². The van der Waals surface area contributed by atoms with Crippen LogP contribution >= 0.6 is 0 Å². The average Bonchev–Trinajstić information content (AvgIpc) is 2.77.